The van der Waals surface area contributed by atoms with E-state index in [9.17, 15) is 0 Å². The van der Waals surface area contributed by atoms with Gasteiger partial charge in [0, 0.05) is 12.1 Å². The fourth-order valence-corrected chi connectivity index (χ4v) is 3.71. The van der Waals surface area contributed by atoms with Gasteiger partial charge in [0.2, 0.25) is 0 Å². The van der Waals surface area contributed by atoms with Crippen molar-refractivity contribution in [2.45, 2.75) is 25.8 Å². The zero-order valence-corrected chi connectivity index (χ0v) is 13.5. The molecule has 1 aliphatic rings. The van der Waals surface area contributed by atoms with E-state index in [1.165, 1.54) is 42.8 Å². The Morgan fingerprint density at radius 1 is 1.43 bits per heavy atom. The third-order valence-electron chi connectivity index (χ3n) is 4.37. The van der Waals surface area contributed by atoms with Crippen LogP contribution in [0, 0.1) is 5.92 Å². The molecule has 4 nitrogen and oxygen atoms in total. The lowest BCUT2D eigenvalue weighted by Gasteiger charge is -2.28. The Kier molecular flexibility index (Phi) is 5.06. The van der Waals surface area contributed by atoms with Crippen molar-refractivity contribution in [1.29, 1.82) is 0 Å². The summed E-state index contributed by atoms with van der Waals surface area (Å²) in [6.45, 7) is 4.52. The minimum atomic E-state index is 0.898. The molecular formula is C16H24N4S. The van der Waals surface area contributed by atoms with Gasteiger partial charge < -0.3 is 10.2 Å². The first-order chi connectivity index (χ1) is 10.3. The molecule has 21 heavy (non-hydrogen) atoms. The first kappa shape index (κ1) is 14.8. The van der Waals surface area contributed by atoms with E-state index >= 15 is 0 Å². The van der Waals surface area contributed by atoms with E-state index in [0.29, 0.717) is 0 Å². The molecule has 2 aromatic rings. The van der Waals surface area contributed by atoms with Crippen LogP contribution in [0.15, 0.2) is 23.7 Å². The minimum absolute atomic E-state index is 0.898. The average Bonchev–Trinajstić information content (AvgIpc) is 3.16. The summed E-state index contributed by atoms with van der Waals surface area (Å²) < 4.78 is 0. The highest BCUT2D eigenvalue weighted by Crippen LogP contribution is 2.25. The van der Waals surface area contributed by atoms with Crippen LogP contribution in [0.4, 0.5) is 0 Å². The Balaban J connectivity index is 1.43. The summed E-state index contributed by atoms with van der Waals surface area (Å²) in [4.78, 5) is 3.70. The molecule has 0 bridgehead atoms. The second-order valence-corrected chi connectivity index (χ2v) is 6.91. The molecule has 2 aromatic heterocycles. The third kappa shape index (κ3) is 3.93. The van der Waals surface area contributed by atoms with Gasteiger partial charge in [0.05, 0.1) is 16.8 Å². The highest BCUT2D eigenvalue weighted by atomic mass is 32.1. The lowest BCUT2D eigenvalue weighted by Crippen LogP contribution is -2.31. The van der Waals surface area contributed by atoms with Crippen LogP contribution in [-0.2, 0) is 6.54 Å². The van der Waals surface area contributed by atoms with E-state index in [4.69, 9.17) is 0 Å². The van der Waals surface area contributed by atoms with Crippen LogP contribution in [0.25, 0.3) is 10.6 Å². The summed E-state index contributed by atoms with van der Waals surface area (Å²) in [5.41, 5.74) is 2.43. The molecule has 1 saturated heterocycles. The average molecular weight is 304 g/mol. The maximum atomic E-state index is 4.19. The minimum Gasteiger partial charge on any atom is -0.313 e. The molecule has 0 radical (unpaired) electrons. The van der Waals surface area contributed by atoms with Crippen LogP contribution in [0.2, 0.25) is 0 Å². The fraction of sp³-hybridized carbons (Fsp3) is 0.562. The first-order valence-electron chi connectivity index (χ1n) is 7.78. The highest BCUT2D eigenvalue weighted by molar-refractivity contribution is 7.13. The van der Waals surface area contributed by atoms with Gasteiger partial charge in [-0.2, -0.15) is 5.10 Å². The third-order valence-corrected chi connectivity index (χ3v) is 5.26. The zero-order valence-electron chi connectivity index (χ0n) is 12.6. The van der Waals surface area contributed by atoms with Crippen LogP contribution in [0.1, 0.15) is 24.8 Å². The van der Waals surface area contributed by atoms with Crippen molar-refractivity contribution in [3.63, 3.8) is 0 Å². The van der Waals surface area contributed by atoms with Gasteiger partial charge >= 0.3 is 0 Å². The molecule has 0 aromatic carbocycles. The number of aromatic amines is 1. The predicted molar refractivity (Wildman–Crippen MR) is 88.4 cm³/mol. The summed E-state index contributed by atoms with van der Waals surface area (Å²) >= 11 is 1.75. The topological polar surface area (TPSA) is 44.0 Å². The molecule has 3 rings (SSSR count). The molecule has 5 heteroatoms. The summed E-state index contributed by atoms with van der Waals surface area (Å²) in [7, 11) is 2.22. The van der Waals surface area contributed by atoms with Crippen molar-refractivity contribution in [2.75, 3.05) is 26.7 Å². The number of nitrogens with zero attached hydrogens (tertiary/aromatic N) is 2. The summed E-state index contributed by atoms with van der Waals surface area (Å²) in [6.07, 6.45) is 5.94. The molecule has 0 unspecified atom stereocenters. The Labute approximate surface area is 130 Å². The Morgan fingerprint density at radius 3 is 3.05 bits per heavy atom. The number of hydrogen-bond acceptors (Lipinski definition) is 4. The molecular weight excluding hydrogens is 280 g/mol. The number of piperidine rings is 1. The van der Waals surface area contributed by atoms with Gasteiger partial charge in [-0.1, -0.05) is 6.07 Å². The highest BCUT2D eigenvalue weighted by Gasteiger charge is 2.16. The van der Waals surface area contributed by atoms with Gasteiger partial charge in [-0.25, -0.2) is 0 Å². The van der Waals surface area contributed by atoms with Gasteiger partial charge in [0.1, 0.15) is 0 Å². The summed E-state index contributed by atoms with van der Waals surface area (Å²) in [5.74, 6) is 0.898. The van der Waals surface area contributed by atoms with E-state index in [0.717, 1.165) is 24.7 Å². The van der Waals surface area contributed by atoms with Gasteiger partial charge in [-0.05, 0) is 63.3 Å². The number of nitrogens with one attached hydrogen (secondary N) is 2. The van der Waals surface area contributed by atoms with Crippen molar-refractivity contribution < 1.29 is 0 Å². The summed E-state index contributed by atoms with van der Waals surface area (Å²) in [5, 5.41) is 13.0. The molecule has 0 aliphatic carbocycles. The quantitative estimate of drug-likeness (QED) is 0.807. The van der Waals surface area contributed by atoms with Crippen LogP contribution in [0.3, 0.4) is 0 Å². The van der Waals surface area contributed by atoms with Crippen molar-refractivity contribution in [2.24, 2.45) is 5.92 Å². The van der Waals surface area contributed by atoms with Gasteiger partial charge in [0.25, 0.3) is 0 Å². The molecule has 1 aliphatic heterocycles. The van der Waals surface area contributed by atoms with Crippen molar-refractivity contribution in [3.8, 4) is 10.6 Å². The maximum absolute atomic E-state index is 4.19. The summed E-state index contributed by atoms with van der Waals surface area (Å²) in [6, 6.07) is 4.22. The Hall–Kier alpha value is -1.17. The van der Waals surface area contributed by atoms with E-state index in [-0.39, 0.29) is 0 Å². The van der Waals surface area contributed by atoms with Crippen LogP contribution in [0.5, 0.6) is 0 Å². The standard InChI is InChI=1S/C16H24N4S/c1-20-8-5-13(6-9-20)4-7-17-11-14-12-18-19-16(14)15-3-2-10-21-15/h2-3,10,12-13,17H,4-9,11H2,1H3,(H,18,19). The fourth-order valence-electron chi connectivity index (χ4n) is 2.96. The van der Waals surface area contributed by atoms with Crippen molar-refractivity contribution in [3.05, 3.63) is 29.3 Å². The Morgan fingerprint density at radius 2 is 2.29 bits per heavy atom. The van der Waals surface area contributed by atoms with Crippen LogP contribution < -0.4 is 5.32 Å². The van der Waals surface area contributed by atoms with Gasteiger partial charge in [-0.3, -0.25) is 5.10 Å². The van der Waals surface area contributed by atoms with E-state index in [1.807, 2.05) is 6.20 Å². The SMILES string of the molecule is CN1CCC(CCNCc2cn[nH]c2-c2cccs2)CC1. The lowest BCUT2D eigenvalue weighted by molar-refractivity contribution is 0.211. The number of likely N-dealkylation sites (tertiary alicyclic amines) is 1. The molecule has 3 heterocycles. The number of rotatable bonds is 6. The van der Waals surface area contributed by atoms with E-state index in [1.54, 1.807) is 11.3 Å². The zero-order chi connectivity index (χ0) is 14.5. The number of thiophene rings is 1. The van der Waals surface area contributed by atoms with Crippen LogP contribution in [-0.4, -0.2) is 41.8 Å². The van der Waals surface area contributed by atoms with E-state index in [2.05, 4.69) is 45.0 Å². The number of H-pyrrole nitrogens is 1. The molecule has 1 fully saturated rings. The van der Waals surface area contributed by atoms with Gasteiger partial charge in [-0.15, -0.1) is 11.3 Å². The molecule has 0 amide bonds. The van der Waals surface area contributed by atoms with Crippen LogP contribution >= 0.6 is 11.3 Å². The number of aromatic nitrogens is 2. The predicted octanol–water partition coefficient (Wildman–Crippen LogP) is 2.96. The normalized spacial score (nSPS) is 17.4. The number of hydrogen-bond donors (Lipinski definition) is 2. The molecule has 2 N–H and O–H groups in total. The van der Waals surface area contributed by atoms with Crippen molar-refractivity contribution >= 4 is 11.3 Å². The smallest absolute Gasteiger partial charge is 0.0794 e. The molecule has 0 spiro atoms. The van der Waals surface area contributed by atoms with Crippen molar-refractivity contribution in [1.82, 2.24) is 20.4 Å². The largest absolute Gasteiger partial charge is 0.313 e. The molecule has 114 valence electrons. The Bertz CT molecular complexity index is 526. The first-order valence-corrected chi connectivity index (χ1v) is 8.66. The molecule has 0 saturated carbocycles. The molecule has 0 atom stereocenters. The van der Waals surface area contributed by atoms with E-state index < -0.39 is 0 Å². The van der Waals surface area contributed by atoms with Gasteiger partial charge in [0.15, 0.2) is 0 Å². The monoisotopic (exact) mass is 304 g/mol. The second-order valence-electron chi connectivity index (χ2n) is 5.96. The maximum Gasteiger partial charge on any atom is 0.0794 e. The lowest BCUT2D eigenvalue weighted by atomic mass is 9.94. The second kappa shape index (κ2) is 7.20.